The van der Waals surface area contributed by atoms with Gasteiger partial charge in [0.15, 0.2) is 9.84 Å². The number of nitrogen functional groups attached to an aromatic ring is 1. The smallest absolute Gasteiger partial charge is 0.397 e. The Hall–Kier alpha value is -3.13. The topological polar surface area (TPSA) is 241 Å². The highest BCUT2D eigenvalue weighted by Crippen LogP contribution is 2.25. The fourth-order valence-corrected chi connectivity index (χ4v) is 4.94. The maximum atomic E-state index is 12.3. The maximum absolute atomic E-state index is 12.3. The number of nitrogens with two attached hydrogens (primary N) is 1. The Labute approximate surface area is 210 Å². The zero-order valence-corrected chi connectivity index (χ0v) is 20.9. The van der Waals surface area contributed by atoms with Gasteiger partial charge in [0.2, 0.25) is 17.2 Å². The molecule has 2 aromatic carbocycles. The first kappa shape index (κ1) is 27.5. The van der Waals surface area contributed by atoms with Gasteiger partial charge < -0.3 is 16.4 Å². The molecule has 3 aromatic rings. The van der Waals surface area contributed by atoms with E-state index in [1.165, 1.54) is 36.4 Å². The SMILES string of the molecule is Nc1cc(Nc2nc(Cl)nc(Nc3ccc(S(=O)(=O)CCOS(=O)(=O)O)cc3)n2)ccc1S(=O)(=O)O. The van der Waals surface area contributed by atoms with Crippen LogP contribution in [0.5, 0.6) is 0 Å². The average molecular weight is 581 g/mol. The lowest BCUT2D eigenvalue weighted by molar-refractivity contribution is 0.284. The Bertz CT molecular complexity index is 1600. The molecule has 0 saturated heterocycles. The van der Waals surface area contributed by atoms with Crippen molar-refractivity contribution in [1.29, 1.82) is 0 Å². The fraction of sp³-hybridized carbons (Fsp3) is 0.118. The molecular formula is C17H17ClN6O9S3. The molecule has 15 nitrogen and oxygen atoms in total. The van der Waals surface area contributed by atoms with E-state index in [-0.39, 0.29) is 33.5 Å². The van der Waals surface area contributed by atoms with E-state index in [2.05, 4.69) is 29.8 Å². The number of sulfone groups is 1. The third-order valence-electron chi connectivity index (χ3n) is 4.21. The van der Waals surface area contributed by atoms with Crippen LogP contribution in [0.25, 0.3) is 0 Å². The van der Waals surface area contributed by atoms with Crippen LogP contribution in [0.4, 0.5) is 29.0 Å². The molecule has 0 saturated carbocycles. The van der Waals surface area contributed by atoms with Crippen LogP contribution in [0.15, 0.2) is 52.3 Å². The summed E-state index contributed by atoms with van der Waals surface area (Å²) >= 11 is 5.93. The van der Waals surface area contributed by atoms with E-state index in [0.29, 0.717) is 5.69 Å². The zero-order chi connectivity index (χ0) is 26.7. The lowest BCUT2D eigenvalue weighted by Crippen LogP contribution is -2.15. The van der Waals surface area contributed by atoms with Crippen LogP contribution in [-0.4, -0.2) is 61.7 Å². The van der Waals surface area contributed by atoms with Crippen LogP contribution in [0, 0.1) is 0 Å². The Balaban J connectivity index is 1.73. The number of hydrogen-bond acceptors (Lipinski definition) is 13. The van der Waals surface area contributed by atoms with Crippen LogP contribution in [-0.2, 0) is 34.5 Å². The van der Waals surface area contributed by atoms with Crippen LogP contribution in [0.1, 0.15) is 0 Å². The molecule has 0 unspecified atom stereocenters. The molecule has 0 aliphatic rings. The monoisotopic (exact) mass is 580 g/mol. The third kappa shape index (κ3) is 7.68. The number of anilines is 5. The predicted octanol–water partition coefficient (Wildman–Crippen LogP) is 1.43. The summed E-state index contributed by atoms with van der Waals surface area (Å²) in [6, 6.07) is 8.88. The minimum atomic E-state index is -4.76. The lowest BCUT2D eigenvalue weighted by Gasteiger charge is -2.10. The van der Waals surface area contributed by atoms with E-state index in [0.717, 1.165) is 6.07 Å². The number of nitrogens with zero attached hydrogens (tertiary/aromatic N) is 3. The summed E-state index contributed by atoms with van der Waals surface area (Å²) in [5.74, 6) is -0.764. The quantitative estimate of drug-likeness (QED) is 0.168. The van der Waals surface area contributed by atoms with Gasteiger partial charge in [-0.1, -0.05) is 0 Å². The summed E-state index contributed by atoms with van der Waals surface area (Å²) < 4.78 is 89.8. The van der Waals surface area contributed by atoms with Crippen molar-refractivity contribution < 1.29 is 38.5 Å². The average Bonchev–Trinajstić information content (AvgIpc) is 2.71. The van der Waals surface area contributed by atoms with E-state index in [4.69, 9.17) is 26.4 Å². The minimum absolute atomic E-state index is 0.0304. The number of rotatable bonds is 10. The minimum Gasteiger partial charge on any atom is -0.398 e. The van der Waals surface area contributed by atoms with Gasteiger partial charge in [-0.15, -0.1) is 0 Å². The summed E-state index contributed by atoms with van der Waals surface area (Å²) in [4.78, 5) is 11.3. The van der Waals surface area contributed by atoms with Gasteiger partial charge in [-0.25, -0.2) is 12.6 Å². The van der Waals surface area contributed by atoms with Crippen molar-refractivity contribution in [2.45, 2.75) is 9.79 Å². The van der Waals surface area contributed by atoms with E-state index in [1.807, 2.05) is 0 Å². The lowest BCUT2D eigenvalue weighted by atomic mass is 10.3. The second kappa shape index (κ2) is 10.5. The Morgan fingerprint density at radius 2 is 1.42 bits per heavy atom. The molecule has 0 fully saturated rings. The van der Waals surface area contributed by atoms with Crippen molar-refractivity contribution in [3.05, 3.63) is 47.7 Å². The third-order valence-corrected chi connectivity index (χ3v) is 7.46. The van der Waals surface area contributed by atoms with Crippen molar-refractivity contribution in [2.24, 2.45) is 0 Å². The first-order valence-corrected chi connectivity index (χ1v) is 14.2. The molecular weight excluding hydrogens is 564 g/mol. The molecule has 0 bridgehead atoms. The largest absolute Gasteiger partial charge is 0.398 e. The molecule has 1 heterocycles. The molecule has 1 aromatic heterocycles. The highest BCUT2D eigenvalue weighted by molar-refractivity contribution is 7.91. The van der Waals surface area contributed by atoms with E-state index in [1.54, 1.807) is 0 Å². The normalized spacial score (nSPS) is 12.3. The molecule has 19 heteroatoms. The molecule has 0 radical (unpaired) electrons. The fourth-order valence-electron chi connectivity index (χ4n) is 2.69. The first-order valence-electron chi connectivity index (χ1n) is 9.40. The number of aromatic nitrogens is 3. The molecule has 0 spiro atoms. The molecule has 0 aliphatic heterocycles. The van der Waals surface area contributed by atoms with Crippen LogP contribution in [0.3, 0.4) is 0 Å². The Kier molecular flexibility index (Phi) is 7.98. The van der Waals surface area contributed by atoms with Crippen LogP contribution >= 0.6 is 11.6 Å². The Morgan fingerprint density at radius 3 is 1.94 bits per heavy atom. The van der Waals surface area contributed by atoms with Crippen LogP contribution in [0.2, 0.25) is 5.28 Å². The summed E-state index contributed by atoms with van der Waals surface area (Å²) in [6.07, 6.45) is 0. The van der Waals surface area contributed by atoms with Gasteiger partial charge in [-0.05, 0) is 54.1 Å². The molecule has 36 heavy (non-hydrogen) atoms. The van der Waals surface area contributed by atoms with E-state index in [9.17, 15) is 25.3 Å². The second-order valence-corrected chi connectivity index (χ2v) is 11.8. The zero-order valence-electron chi connectivity index (χ0n) is 17.7. The second-order valence-electron chi connectivity index (χ2n) is 6.82. The summed E-state index contributed by atoms with van der Waals surface area (Å²) in [7, 11) is -13.2. The summed E-state index contributed by atoms with van der Waals surface area (Å²) in [5.41, 5.74) is 6.07. The van der Waals surface area contributed by atoms with E-state index < -0.39 is 47.6 Å². The number of benzene rings is 2. The first-order chi connectivity index (χ1) is 16.6. The Morgan fingerprint density at radius 1 is 0.861 bits per heavy atom. The van der Waals surface area contributed by atoms with Gasteiger partial charge in [0.25, 0.3) is 10.1 Å². The summed E-state index contributed by atoms with van der Waals surface area (Å²) in [6.45, 7) is -0.759. The van der Waals surface area contributed by atoms with Crippen molar-refractivity contribution >= 4 is 70.9 Å². The van der Waals surface area contributed by atoms with Gasteiger partial charge in [-0.3, -0.25) is 9.11 Å². The van der Waals surface area contributed by atoms with E-state index >= 15 is 0 Å². The number of halogens is 1. The molecule has 194 valence electrons. The summed E-state index contributed by atoms with van der Waals surface area (Å²) in [5, 5.41) is 5.34. The van der Waals surface area contributed by atoms with Gasteiger partial charge in [0.05, 0.1) is 22.9 Å². The molecule has 3 rings (SSSR count). The van der Waals surface area contributed by atoms with Crippen molar-refractivity contribution in [3.63, 3.8) is 0 Å². The molecule has 0 atom stereocenters. The standard InChI is InChI=1S/C17H17ClN6O9S3/c18-15-22-16(24-17(23-15)21-11-3-6-14(13(19)9-11)35(27,28)29)20-10-1-4-12(5-2-10)34(25,26)8-7-33-36(30,31)32/h1-6,9H,7-8,19H2,(H,27,28,29)(H,30,31,32)(H2,20,21,22,23,24). The van der Waals surface area contributed by atoms with Crippen molar-refractivity contribution in [2.75, 3.05) is 28.7 Å². The van der Waals surface area contributed by atoms with Gasteiger partial charge in [0.1, 0.15) is 4.90 Å². The highest BCUT2D eigenvalue weighted by atomic mass is 35.5. The predicted molar refractivity (Wildman–Crippen MR) is 128 cm³/mol. The van der Waals surface area contributed by atoms with Crippen molar-refractivity contribution in [3.8, 4) is 0 Å². The highest BCUT2D eigenvalue weighted by Gasteiger charge is 2.17. The maximum Gasteiger partial charge on any atom is 0.397 e. The molecule has 0 amide bonds. The molecule has 6 N–H and O–H groups in total. The number of nitrogens with one attached hydrogen (secondary N) is 2. The van der Waals surface area contributed by atoms with Crippen molar-refractivity contribution in [1.82, 2.24) is 15.0 Å². The molecule has 0 aliphatic carbocycles. The van der Waals surface area contributed by atoms with Gasteiger partial charge >= 0.3 is 10.4 Å². The number of hydrogen-bond donors (Lipinski definition) is 5. The van der Waals surface area contributed by atoms with Crippen LogP contribution < -0.4 is 16.4 Å². The van der Waals surface area contributed by atoms with Gasteiger partial charge in [-0.2, -0.15) is 31.8 Å². The van der Waals surface area contributed by atoms with Gasteiger partial charge in [0, 0.05) is 11.4 Å².